The zero-order valence-electron chi connectivity index (χ0n) is 17.7. The molecular weight excluding hydrogens is 420 g/mol. The molecule has 0 radical (unpaired) electrons. The number of rotatable bonds is 6. The molecule has 31 heavy (non-hydrogen) atoms. The molecule has 9 N–H and O–H groups in total. The lowest BCUT2D eigenvalue weighted by Crippen LogP contribution is -2.06. The number of unbranched alkanes of at least 4 members (excludes halogenated alkanes) is 2. The van der Waals surface area contributed by atoms with E-state index in [1.165, 1.54) is 19.2 Å². The molecular formula is C18H29ClN12. The van der Waals surface area contributed by atoms with Crippen LogP contribution in [0.15, 0.2) is 12.7 Å². The predicted molar refractivity (Wildman–Crippen MR) is 125 cm³/mol. The maximum absolute atomic E-state index is 5.74. The van der Waals surface area contributed by atoms with Gasteiger partial charge < -0.3 is 32.5 Å². The van der Waals surface area contributed by atoms with Crippen molar-refractivity contribution >= 4 is 51.5 Å². The molecule has 0 fully saturated rings. The summed E-state index contributed by atoms with van der Waals surface area (Å²) in [7, 11) is 0. The lowest BCUT2D eigenvalue weighted by Gasteiger charge is -2.03. The van der Waals surface area contributed by atoms with Crippen molar-refractivity contribution in [2.45, 2.75) is 39.5 Å². The van der Waals surface area contributed by atoms with Gasteiger partial charge in [-0.05, 0) is 31.0 Å². The van der Waals surface area contributed by atoms with Crippen LogP contribution in [0.2, 0.25) is 5.28 Å². The molecule has 0 atom stereocenters. The van der Waals surface area contributed by atoms with Gasteiger partial charge in [0.05, 0.1) is 12.7 Å². The topological polar surface area (TPSA) is 199 Å². The van der Waals surface area contributed by atoms with Gasteiger partial charge in [0.2, 0.25) is 11.2 Å². The van der Waals surface area contributed by atoms with Gasteiger partial charge in [-0.1, -0.05) is 26.7 Å². The second-order valence-electron chi connectivity index (χ2n) is 6.44. The normalized spacial score (nSPS) is 10.3. The number of nitrogens with zero attached hydrogens (tertiary/aromatic N) is 6. The van der Waals surface area contributed by atoms with Crippen molar-refractivity contribution in [3.8, 4) is 0 Å². The van der Waals surface area contributed by atoms with Crippen molar-refractivity contribution in [3.05, 3.63) is 17.9 Å². The van der Waals surface area contributed by atoms with Gasteiger partial charge in [0.25, 0.3) is 0 Å². The molecule has 0 bridgehead atoms. The van der Waals surface area contributed by atoms with Gasteiger partial charge in [-0.2, -0.15) is 19.9 Å². The van der Waals surface area contributed by atoms with E-state index in [9.17, 15) is 0 Å². The minimum atomic E-state index is 0.113. The zero-order valence-corrected chi connectivity index (χ0v) is 18.4. The summed E-state index contributed by atoms with van der Waals surface area (Å²) in [5, 5.41) is 3.23. The van der Waals surface area contributed by atoms with Gasteiger partial charge in [-0.25, -0.2) is 9.97 Å². The second kappa shape index (κ2) is 12.4. The van der Waals surface area contributed by atoms with Crippen molar-refractivity contribution in [1.82, 2.24) is 39.9 Å². The molecule has 0 saturated heterocycles. The number of nitrogen functional groups attached to an aromatic ring is 2. The first kappa shape index (κ1) is 24.0. The fourth-order valence-corrected chi connectivity index (χ4v) is 2.51. The molecule has 0 amide bonds. The summed E-state index contributed by atoms with van der Waals surface area (Å²) in [5.74, 6) is 1.29. The van der Waals surface area contributed by atoms with Crippen LogP contribution >= 0.6 is 11.6 Å². The van der Waals surface area contributed by atoms with E-state index in [1.54, 1.807) is 6.33 Å². The van der Waals surface area contributed by atoms with E-state index in [0.29, 0.717) is 39.9 Å². The minimum Gasteiger partial charge on any atom is -0.382 e. The Morgan fingerprint density at radius 1 is 0.871 bits per heavy atom. The predicted octanol–water partition coefficient (Wildman–Crippen LogP) is 2.48. The Balaban J connectivity index is 0.000000187. The number of nitrogens with two attached hydrogens (primary N) is 3. The molecule has 0 spiro atoms. The van der Waals surface area contributed by atoms with Gasteiger partial charge in [0.15, 0.2) is 22.9 Å². The molecule has 0 unspecified atom stereocenters. The van der Waals surface area contributed by atoms with E-state index in [-0.39, 0.29) is 5.28 Å². The summed E-state index contributed by atoms with van der Waals surface area (Å²) >= 11 is 5.52. The minimum absolute atomic E-state index is 0.113. The van der Waals surface area contributed by atoms with Gasteiger partial charge in [0, 0.05) is 6.54 Å². The lowest BCUT2D eigenvalue weighted by molar-refractivity contribution is 0.807. The molecule has 12 nitrogen and oxygen atoms in total. The number of anilines is 3. The number of aromatic amines is 2. The molecule has 0 aliphatic rings. The van der Waals surface area contributed by atoms with Crippen LogP contribution in [0.3, 0.4) is 0 Å². The monoisotopic (exact) mass is 448 g/mol. The average Bonchev–Trinajstić information content (AvgIpc) is 3.39. The number of nitrogens with one attached hydrogen (secondary N) is 3. The molecule has 4 aromatic heterocycles. The number of hydrogen-bond donors (Lipinski definition) is 6. The maximum atomic E-state index is 5.74. The third-order valence-electron chi connectivity index (χ3n) is 3.97. The number of imidazole rings is 2. The first-order chi connectivity index (χ1) is 15.0. The van der Waals surface area contributed by atoms with Crippen LogP contribution in [0.4, 0.5) is 17.6 Å². The average molecular weight is 449 g/mol. The van der Waals surface area contributed by atoms with E-state index in [1.807, 2.05) is 0 Å². The van der Waals surface area contributed by atoms with Gasteiger partial charge >= 0.3 is 0 Å². The van der Waals surface area contributed by atoms with Crippen molar-refractivity contribution in [2.24, 2.45) is 5.73 Å². The molecule has 0 aliphatic heterocycles. The summed E-state index contributed by atoms with van der Waals surface area (Å²) in [5.41, 5.74) is 18.8. The number of halogens is 1. The molecule has 4 heterocycles. The Hall–Kier alpha value is -3.25. The third kappa shape index (κ3) is 7.19. The summed E-state index contributed by atoms with van der Waals surface area (Å²) in [6, 6.07) is 0. The van der Waals surface area contributed by atoms with Crippen molar-refractivity contribution in [3.63, 3.8) is 0 Å². The first-order valence-corrected chi connectivity index (χ1v) is 10.4. The molecule has 0 aliphatic carbocycles. The Morgan fingerprint density at radius 2 is 1.45 bits per heavy atom. The molecule has 4 rings (SSSR count). The fraction of sp³-hybridized carbons (Fsp3) is 0.444. The van der Waals surface area contributed by atoms with Crippen molar-refractivity contribution in [2.75, 3.05) is 29.9 Å². The number of fused-ring (bicyclic) bond motifs is 2. The summed E-state index contributed by atoms with van der Waals surface area (Å²) < 4.78 is 0. The van der Waals surface area contributed by atoms with Gasteiger partial charge in [-0.15, -0.1) is 0 Å². The Morgan fingerprint density at radius 3 is 2.00 bits per heavy atom. The van der Waals surface area contributed by atoms with Crippen LogP contribution in [-0.2, 0) is 0 Å². The summed E-state index contributed by atoms with van der Waals surface area (Å²) in [6.07, 6.45) is 7.66. The Bertz CT molecular complexity index is 1060. The van der Waals surface area contributed by atoms with Gasteiger partial charge in [0.1, 0.15) is 11.0 Å². The van der Waals surface area contributed by atoms with Crippen molar-refractivity contribution in [1.29, 1.82) is 0 Å². The summed E-state index contributed by atoms with van der Waals surface area (Å²) in [4.78, 5) is 29.5. The zero-order chi connectivity index (χ0) is 22.6. The fourth-order valence-electron chi connectivity index (χ4n) is 2.34. The van der Waals surface area contributed by atoms with Crippen molar-refractivity contribution < 1.29 is 0 Å². The van der Waals surface area contributed by atoms with E-state index < -0.39 is 0 Å². The molecule has 0 saturated carbocycles. The summed E-state index contributed by atoms with van der Waals surface area (Å²) in [6.45, 7) is 5.96. The second-order valence-corrected chi connectivity index (χ2v) is 6.77. The lowest BCUT2D eigenvalue weighted by atomic mass is 10.3. The van der Waals surface area contributed by atoms with Gasteiger partial charge in [-0.3, -0.25) is 0 Å². The number of hydrogen-bond acceptors (Lipinski definition) is 10. The SMILES string of the molecule is CCCCN.CCCCNc1nc(N)c2[nH]cnc2n1.Nc1nc(Cl)nc2nc[nH]c12. The van der Waals surface area contributed by atoms with Crippen LogP contribution in [-0.4, -0.2) is 53.0 Å². The highest BCUT2D eigenvalue weighted by atomic mass is 35.5. The first-order valence-electron chi connectivity index (χ1n) is 10.0. The number of aromatic nitrogens is 8. The standard InChI is InChI=1S/C9H14N6.C5H4ClN5.C4H11N/c1-2-3-4-11-9-14-7(10)6-8(15-9)13-5-12-6;6-5-10-3(7)2-4(11-5)9-1-8-2;1-2-3-4-5/h5H,2-4H2,1H3,(H4,10,11,12,13,14,15);1H,(H3,7,8,9,10,11);2-5H2,1H3. The van der Waals surface area contributed by atoms with E-state index >= 15 is 0 Å². The quantitative estimate of drug-likeness (QED) is 0.188. The maximum Gasteiger partial charge on any atom is 0.226 e. The molecule has 168 valence electrons. The highest BCUT2D eigenvalue weighted by Gasteiger charge is 2.06. The van der Waals surface area contributed by atoms with E-state index in [0.717, 1.165) is 25.9 Å². The number of H-pyrrole nitrogens is 2. The van der Waals surface area contributed by atoms with E-state index in [4.69, 9.17) is 28.8 Å². The van der Waals surface area contributed by atoms with Crippen LogP contribution in [0, 0.1) is 0 Å². The van der Waals surface area contributed by atoms with Crippen LogP contribution in [0.1, 0.15) is 39.5 Å². The van der Waals surface area contributed by atoms with Crippen LogP contribution < -0.4 is 22.5 Å². The molecule has 13 heteroatoms. The molecule has 0 aromatic carbocycles. The van der Waals surface area contributed by atoms with Crippen LogP contribution in [0.5, 0.6) is 0 Å². The van der Waals surface area contributed by atoms with Crippen LogP contribution in [0.25, 0.3) is 22.3 Å². The van der Waals surface area contributed by atoms with E-state index in [2.05, 4.69) is 59.0 Å². The smallest absolute Gasteiger partial charge is 0.226 e. The molecule has 4 aromatic rings. The highest BCUT2D eigenvalue weighted by molar-refractivity contribution is 6.28. The third-order valence-corrected chi connectivity index (χ3v) is 4.14. The highest BCUT2D eigenvalue weighted by Crippen LogP contribution is 2.15. The Kier molecular flexibility index (Phi) is 9.65. The largest absolute Gasteiger partial charge is 0.382 e. The Labute approximate surface area is 184 Å².